The zero-order valence-corrected chi connectivity index (χ0v) is 14.1. The van der Waals surface area contributed by atoms with Crippen LogP contribution in [0.5, 0.6) is 0 Å². The second-order valence-electron chi connectivity index (χ2n) is 5.37. The minimum absolute atomic E-state index is 0.0288. The zero-order chi connectivity index (χ0) is 17.0. The Hall–Kier alpha value is -2.06. The van der Waals surface area contributed by atoms with Crippen LogP contribution in [0.15, 0.2) is 30.3 Å². The van der Waals surface area contributed by atoms with Crippen LogP contribution in [-0.4, -0.2) is 32.5 Å². The van der Waals surface area contributed by atoms with Gasteiger partial charge >= 0.3 is 0 Å². The molecule has 0 amide bonds. The molecule has 8 heteroatoms. The molecule has 0 atom stereocenters. The van der Waals surface area contributed by atoms with Crippen LogP contribution in [0, 0.1) is 12.7 Å². The summed E-state index contributed by atoms with van der Waals surface area (Å²) < 4.78 is 40.2. The minimum atomic E-state index is -3.67. The topological polar surface area (TPSA) is 75.2 Å². The van der Waals surface area contributed by atoms with Gasteiger partial charge in [0, 0.05) is 25.4 Å². The van der Waals surface area contributed by atoms with E-state index in [1.807, 2.05) is 6.92 Å². The molecule has 1 aromatic carbocycles. The Morgan fingerprint density at radius 3 is 2.57 bits per heavy atom. The van der Waals surface area contributed by atoms with E-state index in [1.54, 1.807) is 31.1 Å². The second-order valence-corrected chi connectivity index (χ2v) is 7.17. The van der Waals surface area contributed by atoms with Gasteiger partial charge in [-0.1, -0.05) is 18.2 Å². The summed E-state index contributed by atoms with van der Waals surface area (Å²) in [6.07, 6.45) is 0. The zero-order valence-electron chi connectivity index (χ0n) is 13.2. The van der Waals surface area contributed by atoms with Gasteiger partial charge in [0.25, 0.3) is 0 Å². The number of rotatable bonds is 6. The Morgan fingerprint density at radius 2 is 1.91 bits per heavy atom. The Labute approximate surface area is 135 Å². The average Bonchev–Trinajstić information content (AvgIpc) is 2.47. The fourth-order valence-corrected chi connectivity index (χ4v) is 3.08. The molecular weight excluding hydrogens is 319 g/mol. The molecule has 0 bridgehead atoms. The highest BCUT2D eigenvalue weighted by Gasteiger charge is 2.15. The molecule has 0 aliphatic heterocycles. The van der Waals surface area contributed by atoms with Crippen molar-refractivity contribution in [2.45, 2.75) is 19.2 Å². The fourth-order valence-electron chi connectivity index (χ4n) is 1.96. The Kier molecular flexibility index (Phi) is 5.27. The number of nitrogens with zero attached hydrogens (tertiary/aromatic N) is 3. The van der Waals surface area contributed by atoms with Gasteiger partial charge < -0.3 is 4.90 Å². The number of nitrogens with one attached hydrogen (secondary N) is 1. The first-order valence-corrected chi connectivity index (χ1v) is 8.65. The van der Waals surface area contributed by atoms with E-state index in [0.717, 1.165) is 5.69 Å². The van der Waals surface area contributed by atoms with E-state index >= 15 is 0 Å². The standard InChI is InChI=1S/C15H19FN4O2S/c1-11-8-13(19-15(18-11)20(2)3)9-17-23(21,22)10-12-6-4-5-7-14(12)16/h4-8,17H,9-10H2,1-3H3. The molecule has 1 heterocycles. The second kappa shape index (κ2) is 7.01. The van der Waals surface area contributed by atoms with E-state index in [1.165, 1.54) is 18.2 Å². The van der Waals surface area contributed by atoms with Crippen LogP contribution in [0.2, 0.25) is 0 Å². The molecule has 2 rings (SSSR count). The molecule has 0 spiro atoms. The molecule has 0 aliphatic rings. The molecule has 6 nitrogen and oxygen atoms in total. The molecule has 124 valence electrons. The molecular formula is C15H19FN4O2S. The summed E-state index contributed by atoms with van der Waals surface area (Å²) in [5.74, 6) is -0.441. The monoisotopic (exact) mass is 338 g/mol. The van der Waals surface area contributed by atoms with E-state index in [4.69, 9.17) is 0 Å². The van der Waals surface area contributed by atoms with Crippen LogP contribution in [0.3, 0.4) is 0 Å². The van der Waals surface area contributed by atoms with Gasteiger partial charge in [0.2, 0.25) is 16.0 Å². The van der Waals surface area contributed by atoms with Crippen LogP contribution in [-0.2, 0) is 22.3 Å². The van der Waals surface area contributed by atoms with E-state index in [2.05, 4.69) is 14.7 Å². The Morgan fingerprint density at radius 1 is 1.22 bits per heavy atom. The van der Waals surface area contributed by atoms with Crippen LogP contribution in [0.25, 0.3) is 0 Å². The van der Waals surface area contributed by atoms with Crippen molar-refractivity contribution in [3.05, 3.63) is 53.1 Å². The highest BCUT2D eigenvalue weighted by molar-refractivity contribution is 7.88. The van der Waals surface area contributed by atoms with Gasteiger partial charge in [0.1, 0.15) is 5.82 Å². The normalized spacial score (nSPS) is 11.5. The maximum absolute atomic E-state index is 13.6. The number of anilines is 1. The van der Waals surface area contributed by atoms with Gasteiger partial charge in [-0.05, 0) is 19.1 Å². The summed E-state index contributed by atoms with van der Waals surface area (Å²) in [5.41, 5.74) is 1.43. The van der Waals surface area contributed by atoms with E-state index in [0.29, 0.717) is 11.6 Å². The predicted octanol–water partition coefficient (Wildman–Crippen LogP) is 1.61. The van der Waals surface area contributed by atoms with Crippen LogP contribution >= 0.6 is 0 Å². The van der Waals surface area contributed by atoms with Gasteiger partial charge in [-0.15, -0.1) is 0 Å². The third-order valence-electron chi connectivity index (χ3n) is 3.07. The fraction of sp³-hybridized carbons (Fsp3) is 0.333. The molecule has 1 N–H and O–H groups in total. The lowest BCUT2D eigenvalue weighted by atomic mass is 10.2. The third kappa shape index (κ3) is 4.97. The van der Waals surface area contributed by atoms with Gasteiger partial charge in [-0.2, -0.15) is 0 Å². The van der Waals surface area contributed by atoms with E-state index < -0.39 is 21.6 Å². The predicted molar refractivity (Wildman–Crippen MR) is 87.0 cm³/mol. The summed E-state index contributed by atoms with van der Waals surface area (Å²) in [6.45, 7) is 1.84. The van der Waals surface area contributed by atoms with Crippen molar-refractivity contribution in [1.29, 1.82) is 0 Å². The lowest BCUT2D eigenvalue weighted by Crippen LogP contribution is -2.26. The smallest absolute Gasteiger partial charge is 0.225 e. The molecule has 0 aliphatic carbocycles. The molecule has 0 radical (unpaired) electrons. The molecule has 1 aromatic heterocycles. The summed E-state index contributed by atoms with van der Waals surface area (Å²) in [5, 5.41) is 0. The van der Waals surface area contributed by atoms with Crippen LogP contribution in [0.4, 0.5) is 10.3 Å². The highest BCUT2D eigenvalue weighted by Crippen LogP contribution is 2.11. The summed E-state index contributed by atoms with van der Waals surface area (Å²) in [4.78, 5) is 10.3. The van der Waals surface area contributed by atoms with Gasteiger partial charge in [-0.3, -0.25) is 0 Å². The minimum Gasteiger partial charge on any atom is -0.347 e. The van der Waals surface area contributed by atoms with Crippen LogP contribution < -0.4 is 9.62 Å². The molecule has 0 fully saturated rings. The number of halogens is 1. The highest BCUT2D eigenvalue weighted by atomic mass is 32.2. The van der Waals surface area contributed by atoms with Gasteiger partial charge in [-0.25, -0.2) is 27.5 Å². The molecule has 0 saturated carbocycles. The number of aryl methyl sites for hydroxylation is 1. The van der Waals surface area contributed by atoms with Crippen molar-refractivity contribution in [3.8, 4) is 0 Å². The largest absolute Gasteiger partial charge is 0.347 e. The van der Waals surface area contributed by atoms with Crippen LogP contribution in [0.1, 0.15) is 17.0 Å². The lowest BCUT2D eigenvalue weighted by Gasteiger charge is -2.13. The quantitative estimate of drug-likeness (QED) is 0.866. The number of hydrogen-bond donors (Lipinski definition) is 1. The summed E-state index contributed by atoms with van der Waals surface area (Å²) >= 11 is 0. The maximum atomic E-state index is 13.6. The van der Waals surface area contributed by atoms with Crippen molar-refractivity contribution >= 4 is 16.0 Å². The first-order valence-electron chi connectivity index (χ1n) is 6.99. The Bertz CT molecular complexity index is 794. The molecule has 2 aromatic rings. The lowest BCUT2D eigenvalue weighted by molar-refractivity contribution is 0.573. The van der Waals surface area contributed by atoms with Crippen molar-refractivity contribution in [2.75, 3.05) is 19.0 Å². The summed E-state index contributed by atoms with van der Waals surface area (Å²) in [6, 6.07) is 7.52. The number of sulfonamides is 1. The number of benzene rings is 1. The van der Waals surface area contributed by atoms with E-state index in [9.17, 15) is 12.8 Å². The SMILES string of the molecule is Cc1cc(CNS(=O)(=O)Cc2ccccc2F)nc(N(C)C)n1. The summed E-state index contributed by atoms with van der Waals surface area (Å²) in [7, 11) is -0.0524. The van der Waals surface area contributed by atoms with E-state index in [-0.39, 0.29) is 12.1 Å². The Balaban J connectivity index is 2.09. The maximum Gasteiger partial charge on any atom is 0.225 e. The van der Waals surface area contributed by atoms with Crippen molar-refractivity contribution < 1.29 is 12.8 Å². The third-order valence-corrected chi connectivity index (χ3v) is 4.35. The molecule has 0 saturated heterocycles. The molecule has 0 unspecified atom stereocenters. The van der Waals surface area contributed by atoms with Gasteiger partial charge in [0.05, 0.1) is 18.0 Å². The van der Waals surface area contributed by atoms with Crippen molar-refractivity contribution in [2.24, 2.45) is 0 Å². The van der Waals surface area contributed by atoms with Crippen molar-refractivity contribution in [3.63, 3.8) is 0 Å². The number of hydrogen-bond acceptors (Lipinski definition) is 5. The number of aromatic nitrogens is 2. The van der Waals surface area contributed by atoms with Gasteiger partial charge in [0.15, 0.2) is 0 Å². The average molecular weight is 338 g/mol. The molecule has 23 heavy (non-hydrogen) atoms. The first-order chi connectivity index (χ1) is 10.8. The first kappa shape index (κ1) is 17.3. The van der Waals surface area contributed by atoms with Crippen molar-refractivity contribution in [1.82, 2.24) is 14.7 Å².